The van der Waals surface area contributed by atoms with Crippen molar-refractivity contribution in [1.29, 1.82) is 0 Å². The molecule has 214 valence electrons. The van der Waals surface area contributed by atoms with Crippen LogP contribution >= 0.6 is 0 Å². The Balaban J connectivity index is 1.65. The van der Waals surface area contributed by atoms with Crippen LogP contribution in [0.3, 0.4) is 0 Å². The van der Waals surface area contributed by atoms with Crippen LogP contribution in [0.2, 0.25) is 0 Å². The molecule has 4 rings (SSSR count). The number of ether oxygens (including phenoxy) is 1. The van der Waals surface area contributed by atoms with E-state index < -0.39 is 9.85 Å². The number of methoxy groups -OCH3 is 1. The van der Waals surface area contributed by atoms with Gasteiger partial charge in [-0.2, -0.15) is 20.2 Å². The van der Waals surface area contributed by atoms with Gasteiger partial charge in [0.25, 0.3) is 11.4 Å². The molecule has 4 aromatic rings. The third-order valence-electron chi connectivity index (χ3n) is 5.51. The second-order valence-corrected chi connectivity index (χ2v) is 8.53. The van der Waals surface area contributed by atoms with E-state index in [4.69, 9.17) is 4.74 Å². The number of hydrogen-bond acceptors (Lipinski definition) is 14. The molecule has 0 spiro atoms. The number of nitro groups is 2. The predicted octanol–water partition coefficient (Wildman–Crippen LogP) is 4.66. The number of benzene rings is 3. The van der Waals surface area contributed by atoms with E-state index in [0.717, 1.165) is 30.1 Å². The molecule has 0 aliphatic rings. The third-order valence-corrected chi connectivity index (χ3v) is 5.51. The van der Waals surface area contributed by atoms with Crippen molar-refractivity contribution < 1.29 is 24.8 Å². The van der Waals surface area contributed by atoms with Crippen molar-refractivity contribution in [2.75, 3.05) is 23.3 Å². The summed E-state index contributed by atoms with van der Waals surface area (Å²) in [5.41, 5.74) is 6.33. The smallest absolute Gasteiger partial charge is 0.278 e. The van der Waals surface area contributed by atoms with Gasteiger partial charge in [0.2, 0.25) is 5.95 Å². The van der Waals surface area contributed by atoms with Crippen molar-refractivity contribution in [3.63, 3.8) is 0 Å². The van der Waals surface area contributed by atoms with Gasteiger partial charge in [-0.25, -0.2) is 0 Å². The quantitative estimate of drug-likeness (QED) is 0.0939. The van der Waals surface area contributed by atoms with Gasteiger partial charge in [-0.1, -0.05) is 6.07 Å². The van der Waals surface area contributed by atoms with Gasteiger partial charge < -0.3 is 20.3 Å². The molecule has 0 unspecified atom stereocenters. The molecule has 0 aliphatic heterocycles. The standard InChI is InChI=1S/C26H23N9O7/c1-15-3-8-23(42-2)20(9-15)29-26-30-24(32-27-13-16-10-18(36)4-6-21(16)34(38)39)12-25(31-26)33-28-14-17-11-19(37)5-7-22(17)35(40)41/h3-14,36-37H,1-2H3,(H3,29,30,31,32,33). The first-order valence-corrected chi connectivity index (χ1v) is 12.0. The number of hydrazone groups is 2. The third kappa shape index (κ3) is 7.20. The summed E-state index contributed by atoms with van der Waals surface area (Å²) in [5.74, 6) is 0.473. The van der Waals surface area contributed by atoms with Crippen LogP contribution in [0.4, 0.5) is 34.6 Å². The van der Waals surface area contributed by atoms with Crippen molar-refractivity contribution in [2.24, 2.45) is 10.2 Å². The van der Waals surface area contributed by atoms with Gasteiger partial charge in [-0.15, -0.1) is 0 Å². The second-order valence-electron chi connectivity index (χ2n) is 8.53. The van der Waals surface area contributed by atoms with Gasteiger partial charge in [0.1, 0.15) is 17.2 Å². The van der Waals surface area contributed by atoms with Crippen LogP contribution < -0.4 is 20.9 Å². The van der Waals surface area contributed by atoms with Crippen molar-refractivity contribution in [3.8, 4) is 17.2 Å². The Hall–Kier alpha value is -6.32. The summed E-state index contributed by atoms with van der Waals surface area (Å²) in [4.78, 5) is 30.1. The summed E-state index contributed by atoms with van der Waals surface area (Å²) in [7, 11) is 1.51. The number of nitrogens with zero attached hydrogens (tertiary/aromatic N) is 6. The van der Waals surface area contributed by atoms with E-state index in [1.807, 2.05) is 19.1 Å². The zero-order valence-electron chi connectivity index (χ0n) is 22.0. The fraction of sp³-hybridized carbons (Fsp3) is 0.0769. The Labute approximate surface area is 237 Å². The lowest BCUT2D eigenvalue weighted by Crippen LogP contribution is -2.05. The molecule has 0 bridgehead atoms. The molecule has 0 amide bonds. The molecular formula is C26H23N9O7. The highest BCUT2D eigenvalue weighted by Gasteiger charge is 2.14. The van der Waals surface area contributed by atoms with Gasteiger partial charge in [0.15, 0.2) is 11.6 Å². The van der Waals surface area contributed by atoms with Crippen LogP contribution in [0.15, 0.2) is 70.9 Å². The molecule has 5 N–H and O–H groups in total. The minimum absolute atomic E-state index is 0.0417. The van der Waals surface area contributed by atoms with Crippen LogP contribution in [-0.4, -0.2) is 49.6 Å². The number of nitro benzene ring substituents is 2. The minimum Gasteiger partial charge on any atom is -0.508 e. The highest BCUT2D eigenvalue weighted by molar-refractivity contribution is 5.87. The lowest BCUT2D eigenvalue weighted by molar-refractivity contribution is -0.385. The summed E-state index contributed by atoms with van der Waals surface area (Å²) in [6.45, 7) is 1.89. The van der Waals surface area contributed by atoms with Crippen LogP contribution in [0.1, 0.15) is 16.7 Å². The maximum atomic E-state index is 11.3. The Morgan fingerprint density at radius 2 is 1.33 bits per heavy atom. The Kier molecular flexibility index (Phi) is 8.67. The van der Waals surface area contributed by atoms with Crippen LogP contribution in [0, 0.1) is 27.2 Å². The lowest BCUT2D eigenvalue weighted by atomic mass is 10.2. The van der Waals surface area contributed by atoms with E-state index in [-0.39, 0.29) is 51.6 Å². The number of aromatic nitrogens is 2. The Bertz CT molecular complexity index is 1620. The first kappa shape index (κ1) is 28.7. The molecule has 16 heteroatoms. The van der Waals surface area contributed by atoms with Crippen molar-refractivity contribution in [3.05, 3.63) is 97.6 Å². The molecule has 0 saturated heterocycles. The maximum Gasteiger partial charge on any atom is 0.278 e. The molecule has 1 heterocycles. The lowest BCUT2D eigenvalue weighted by Gasteiger charge is -2.12. The Morgan fingerprint density at radius 3 is 1.81 bits per heavy atom. The number of hydrogen-bond donors (Lipinski definition) is 5. The summed E-state index contributed by atoms with van der Waals surface area (Å²) in [6, 6.07) is 13.9. The number of rotatable bonds is 11. The normalized spacial score (nSPS) is 11.0. The van der Waals surface area contributed by atoms with Crippen LogP contribution in [0.25, 0.3) is 0 Å². The van der Waals surface area contributed by atoms with E-state index in [1.54, 1.807) is 6.07 Å². The van der Waals surface area contributed by atoms with Gasteiger partial charge in [0.05, 0.1) is 46.2 Å². The number of aryl methyl sites for hydroxylation is 1. The highest BCUT2D eigenvalue weighted by atomic mass is 16.6. The van der Waals surface area contributed by atoms with Gasteiger partial charge in [-0.3, -0.25) is 31.1 Å². The molecular weight excluding hydrogens is 550 g/mol. The average Bonchev–Trinajstić information content (AvgIpc) is 2.93. The SMILES string of the molecule is COc1ccc(C)cc1Nc1nc(NN=Cc2cc(O)ccc2[N+](=O)[O-])cc(NN=Cc2cc(O)ccc2[N+](=O)[O-])n1. The fourth-order valence-corrected chi connectivity index (χ4v) is 3.62. The largest absolute Gasteiger partial charge is 0.508 e. The zero-order chi connectivity index (χ0) is 30.2. The number of anilines is 4. The number of nitrogens with one attached hydrogen (secondary N) is 3. The van der Waals surface area contributed by atoms with E-state index in [1.165, 1.54) is 37.4 Å². The topological polar surface area (TPSA) is 223 Å². The van der Waals surface area contributed by atoms with E-state index in [0.29, 0.717) is 11.4 Å². The maximum absolute atomic E-state index is 11.3. The summed E-state index contributed by atoms with van der Waals surface area (Å²) >= 11 is 0. The molecule has 0 saturated carbocycles. The fourth-order valence-electron chi connectivity index (χ4n) is 3.62. The van der Waals surface area contributed by atoms with Crippen molar-refractivity contribution >= 4 is 47.1 Å². The first-order valence-electron chi connectivity index (χ1n) is 12.0. The summed E-state index contributed by atoms with van der Waals surface area (Å²) < 4.78 is 5.39. The molecule has 42 heavy (non-hydrogen) atoms. The Morgan fingerprint density at radius 1 is 0.810 bits per heavy atom. The van der Waals surface area contributed by atoms with Crippen LogP contribution in [0.5, 0.6) is 17.2 Å². The highest BCUT2D eigenvalue weighted by Crippen LogP contribution is 2.29. The molecule has 0 atom stereocenters. The summed E-state index contributed by atoms with van der Waals surface area (Å²) in [5, 5.41) is 53.1. The molecule has 3 aromatic carbocycles. The molecule has 16 nitrogen and oxygen atoms in total. The summed E-state index contributed by atoms with van der Waals surface area (Å²) in [6.07, 6.45) is 2.28. The number of phenolic OH excluding ortho intramolecular Hbond substituents is 2. The van der Waals surface area contributed by atoms with Crippen LogP contribution in [-0.2, 0) is 0 Å². The van der Waals surface area contributed by atoms with Gasteiger partial charge in [-0.05, 0) is 48.9 Å². The van der Waals surface area contributed by atoms with Gasteiger partial charge >= 0.3 is 0 Å². The minimum atomic E-state index is -0.612. The number of phenols is 2. The second kappa shape index (κ2) is 12.7. The van der Waals surface area contributed by atoms with Crippen molar-refractivity contribution in [1.82, 2.24) is 9.97 Å². The molecule has 0 aliphatic carbocycles. The molecule has 0 fully saturated rings. The number of aromatic hydroxyl groups is 2. The predicted molar refractivity (Wildman–Crippen MR) is 155 cm³/mol. The zero-order valence-corrected chi connectivity index (χ0v) is 22.0. The van der Waals surface area contributed by atoms with E-state index >= 15 is 0 Å². The average molecular weight is 574 g/mol. The first-order chi connectivity index (χ1) is 20.1. The molecule has 0 radical (unpaired) electrons. The van der Waals surface area contributed by atoms with Crippen molar-refractivity contribution in [2.45, 2.75) is 6.92 Å². The monoisotopic (exact) mass is 573 g/mol. The van der Waals surface area contributed by atoms with E-state index in [2.05, 4.69) is 36.3 Å². The molecule has 1 aromatic heterocycles. The van der Waals surface area contributed by atoms with E-state index in [9.17, 15) is 30.4 Å². The van der Waals surface area contributed by atoms with Gasteiger partial charge in [0, 0.05) is 18.2 Å².